The SMILES string of the molecule is CN1C(=O)c2ccc(NCC3CCCCCC3)cc2C1=O. The van der Waals surface area contributed by atoms with Crippen LogP contribution in [-0.4, -0.2) is 30.3 Å². The first kappa shape index (κ1) is 14.1. The third-order valence-corrected chi connectivity index (χ3v) is 4.66. The molecule has 0 spiro atoms. The highest BCUT2D eigenvalue weighted by Crippen LogP contribution is 2.26. The predicted molar refractivity (Wildman–Crippen MR) is 82.5 cm³/mol. The predicted octanol–water partition coefficient (Wildman–Crippen LogP) is 3.29. The van der Waals surface area contributed by atoms with Gasteiger partial charge in [-0.15, -0.1) is 0 Å². The number of nitrogens with one attached hydrogen (secondary N) is 1. The fourth-order valence-electron chi connectivity index (χ4n) is 3.30. The van der Waals surface area contributed by atoms with E-state index in [2.05, 4.69) is 5.32 Å². The molecule has 0 aromatic heterocycles. The fourth-order valence-corrected chi connectivity index (χ4v) is 3.30. The quantitative estimate of drug-likeness (QED) is 0.685. The Bertz CT molecular complexity index is 560. The molecule has 1 saturated carbocycles. The van der Waals surface area contributed by atoms with Crippen LogP contribution in [0, 0.1) is 5.92 Å². The zero-order valence-electron chi connectivity index (χ0n) is 12.5. The van der Waals surface area contributed by atoms with Crippen molar-refractivity contribution in [3.8, 4) is 0 Å². The van der Waals surface area contributed by atoms with Gasteiger partial charge in [-0.25, -0.2) is 0 Å². The first-order chi connectivity index (χ1) is 10.2. The Morgan fingerprint density at radius 3 is 2.43 bits per heavy atom. The van der Waals surface area contributed by atoms with Crippen molar-refractivity contribution >= 4 is 17.5 Å². The van der Waals surface area contributed by atoms with Gasteiger partial charge in [-0.05, 0) is 37.0 Å². The summed E-state index contributed by atoms with van der Waals surface area (Å²) >= 11 is 0. The summed E-state index contributed by atoms with van der Waals surface area (Å²) in [7, 11) is 1.53. The number of carbonyl (C=O) groups is 2. The molecule has 0 radical (unpaired) electrons. The van der Waals surface area contributed by atoms with Crippen molar-refractivity contribution < 1.29 is 9.59 Å². The van der Waals surface area contributed by atoms with E-state index in [0.717, 1.165) is 18.2 Å². The highest BCUT2D eigenvalue weighted by Gasteiger charge is 2.32. The van der Waals surface area contributed by atoms with Gasteiger partial charge in [0.25, 0.3) is 11.8 Å². The molecule has 4 heteroatoms. The molecular formula is C17H22N2O2. The molecule has 1 aliphatic heterocycles. The van der Waals surface area contributed by atoms with Gasteiger partial charge in [-0.1, -0.05) is 25.7 Å². The van der Waals surface area contributed by atoms with Gasteiger partial charge in [0.15, 0.2) is 0 Å². The Balaban J connectivity index is 1.68. The molecule has 1 heterocycles. The number of hydrogen-bond acceptors (Lipinski definition) is 3. The highest BCUT2D eigenvalue weighted by molar-refractivity contribution is 6.21. The van der Waals surface area contributed by atoms with Crippen molar-refractivity contribution in [1.29, 1.82) is 0 Å². The number of hydrogen-bond donors (Lipinski definition) is 1. The Labute approximate surface area is 125 Å². The van der Waals surface area contributed by atoms with Gasteiger partial charge in [0.1, 0.15) is 0 Å². The molecule has 1 aromatic rings. The molecule has 2 amide bonds. The molecule has 0 unspecified atom stereocenters. The summed E-state index contributed by atoms with van der Waals surface area (Å²) in [5, 5.41) is 3.44. The summed E-state index contributed by atoms with van der Waals surface area (Å²) in [5.74, 6) is 0.319. The number of nitrogens with zero attached hydrogens (tertiary/aromatic N) is 1. The number of anilines is 1. The molecule has 0 atom stereocenters. The van der Waals surface area contributed by atoms with Crippen LogP contribution in [0.3, 0.4) is 0 Å². The van der Waals surface area contributed by atoms with E-state index in [1.807, 2.05) is 12.1 Å². The second-order valence-corrected chi connectivity index (χ2v) is 6.17. The maximum absolute atomic E-state index is 12.0. The summed E-state index contributed by atoms with van der Waals surface area (Å²) in [5.41, 5.74) is 1.98. The van der Waals surface area contributed by atoms with Crippen molar-refractivity contribution in [3.05, 3.63) is 29.3 Å². The van der Waals surface area contributed by atoms with Crippen molar-refractivity contribution in [1.82, 2.24) is 4.90 Å². The molecule has 2 aliphatic rings. The van der Waals surface area contributed by atoms with Crippen LogP contribution in [0.1, 0.15) is 59.2 Å². The van der Waals surface area contributed by atoms with Gasteiger partial charge in [-0.2, -0.15) is 0 Å². The molecular weight excluding hydrogens is 264 g/mol. The molecule has 1 aliphatic carbocycles. The molecule has 1 N–H and O–H groups in total. The standard InChI is InChI=1S/C17H22N2O2/c1-19-16(20)14-9-8-13(10-15(14)17(19)21)18-11-12-6-4-2-3-5-7-12/h8-10,12,18H,2-7,11H2,1H3. The van der Waals surface area contributed by atoms with Gasteiger partial charge >= 0.3 is 0 Å². The summed E-state index contributed by atoms with van der Waals surface area (Å²) in [6.45, 7) is 0.955. The molecule has 3 rings (SSSR count). The number of imide groups is 1. The summed E-state index contributed by atoms with van der Waals surface area (Å²) in [4.78, 5) is 25.0. The van der Waals surface area contributed by atoms with E-state index in [1.54, 1.807) is 6.07 Å². The van der Waals surface area contributed by atoms with Crippen LogP contribution in [0.15, 0.2) is 18.2 Å². The lowest BCUT2D eigenvalue weighted by molar-refractivity contribution is 0.0693. The Morgan fingerprint density at radius 1 is 1.05 bits per heavy atom. The minimum atomic E-state index is -0.203. The smallest absolute Gasteiger partial charge is 0.261 e. The lowest BCUT2D eigenvalue weighted by Gasteiger charge is -2.16. The lowest BCUT2D eigenvalue weighted by atomic mass is 10.0. The van der Waals surface area contributed by atoms with Crippen molar-refractivity contribution in [2.75, 3.05) is 18.9 Å². The number of carbonyl (C=O) groups excluding carboxylic acids is 2. The number of benzene rings is 1. The second kappa shape index (κ2) is 5.88. The van der Waals surface area contributed by atoms with E-state index in [0.29, 0.717) is 11.1 Å². The van der Waals surface area contributed by atoms with Gasteiger partial charge in [0.05, 0.1) is 11.1 Å². The van der Waals surface area contributed by atoms with E-state index in [4.69, 9.17) is 0 Å². The molecule has 1 aromatic carbocycles. The van der Waals surface area contributed by atoms with Crippen LogP contribution in [-0.2, 0) is 0 Å². The summed E-state index contributed by atoms with van der Waals surface area (Å²) < 4.78 is 0. The maximum atomic E-state index is 12.0. The monoisotopic (exact) mass is 286 g/mol. The average molecular weight is 286 g/mol. The topological polar surface area (TPSA) is 49.4 Å². The van der Waals surface area contributed by atoms with Crippen LogP contribution in [0.25, 0.3) is 0 Å². The number of rotatable bonds is 3. The minimum absolute atomic E-state index is 0.201. The Hall–Kier alpha value is -1.84. The molecule has 1 fully saturated rings. The zero-order chi connectivity index (χ0) is 14.8. The highest BCUT2D eigenvalue weighted by atomic mass is 16.2. The van der Waals surface area contributed by atoms with Gasteiger partial charge in [0.2, 0.25) is 0 Å². The van der Waals surface area contributed by atoms with Crippen molar-refractivity contribution in [2.24, 2.45) is 5.92 Å². The first-order valence-corrected chi connectivity index (χ1v) is 7.87. The van der Waals surface area contributed by atoms with Crippen LogP contribution in [0.5, 0.6) is 0 Å². The molecule has 0 saturated heterocycles. The van der Waals surface area contributed by atoms with E-state index < -0.39 is 0 Å². The molecule has 0 bridgehead atoms. The summed E-state index contributed by atoms with van der Waals surface area (Å²) in [6.07, 6.45) is 7.95. The average Bonchev–Trinajstić information content (AvgIpc) is 2.73. The van der Waals surface area contributed by atoms with Crippen LogP contribution in [0.2, 0.25) is 0 Å². The fraction of sp³-hybridized carbons (Fsp3) is 0.529. The van der Waals surface area contributed by atoms with Crippen LogP contribution < -0.4 is 5.32 Å². The third-order valence-electron chi connectivity index (χ3n) is 4.66. The Kier molecular flexibility index (Phi) is 3.95. The third kappa shape index (κ3) is 2.80. The molecule has 4 nitrogen and oxygen atoms in total. The van der Waals surface area contributed by atoms with E-state index in [1.165, 1.54) is 50.5 Å². The maximum Gasteiger partial charge on any atom is 0.261 e. The van der Waals surface area contributed by atoms with Crippen molar-refractivity contribution in [2.45, 2.75) is 38.5 Å². The normalized spacial score (nSPS) is 19.6. The van der Waals surface area contributed by atoms with E-state index in [-0.39, 0.29) is 11.8 Å². The largest absolute Gasteiger partial charge is 0.385 e. The van der Waals surface area contributed by atoms with Gasteiger partial charge in [0, 0.05) is 19.3 Å². The van der Waals surface area contributed by atoms with Gasteiger partial charge < -0.3 is 5.32 Å². The second-order valence-electron chi connectivity index (χ2n) is 6.17. The van der Waals surface area contributed by atoms with Crippen molar-refractivity contribution in [3.63, 3.8) is 0 Å². The zero-order valence-corrected chi connectivity index (χ0v) is 12.5. The number of amides is 2. The molecule has 21 heavy (non-hydrogen) atoms. The summed E-state index contributed by atoms with van der Waals surface area (Å²) in [6, 6.07) is 5.48. The lowest BCUT2D eigenvalue weighted by Crippen LogP contribution is -2.24. The number of fused-ring (bicyclic) bond motifs is 1. The van der Waals surface area contributed by atoms with Crippen LogP contribution >= 0.6 is 0 Å². The van der Waals surface area contributed by atoms with Gasteiger partial charge in [-0.3, -0.25) is 14.5 Å². The first-order valence-electron chi connectivity index (χ1n) is 7.87. The Morgan fingerprint density at radius 2 is 1.71 bits per heavy atom. The molecule has 112 valence electrons. The van der Waals surface area contributed by atoms with Crippen LogP contribution in [0.4, 0.5) is 5.69 Å². The van der Waals surface area contributed by atoms with E-state index >= 15 is 0 Å². The van der Waals surface area contributed by atoms with E-state index in [9.17, 15) is 9.59 Å². The minimum Gasteiger partial charge on any atom is -0.385 e.